The molecule has 0 aromatic heterocycles. The number of fused-ring (bicyclic) bond motifs is 1. The minimum absolute atomic E-state index is 0.238. The third-order valence-corrected chi connectivity index (χ3v) is 6.04. The lowest BCUT2D eigenvalue weighted by atomic mass is 10.0. The largest absolute Gasteiger partial charge is 0.491 e. The van der Waals surface area contributed by atoms with Crippen LogP contribution >= 0.6 is 0 Å². The topological polar surface area (TPSA) is 81.9 Å². The molecule has 1 aliphatic rings. The van der Waals surface area contributed by atoms with Crippen LogP contribution in [0.4, 0.5) is 11.4 Å². The number of benzene rings is 2. The number of sulfonamides is 1. The molecule has 2 aromatic carbocycles. The molecule has 1 heterocycles. The Balaban J connectivity index is 1.87. The Labute approximate surface area is 148 Å². The van der Waals surface area contributed by atoms with E-state index in [-0.39, 0.29) is 4.90 Å². The Kier molecular flexibility index (Phi) is 5.15. The van der Waals surface area contributed by atoms with Gasteiger partial charge in [0.25, 0.3) is 10.0 Å². The summed E-state index contributed by atoms with van der Waals surface area (Å²) in [5, 5.41) is 0. The molecular formula is C18H22N2O4S. The summed E-state index contributed by atoms with van der Waals surface area (Å²) in [4.78, 5) is 0.238. The van der Waals surface area contributed by atoms with E-state index in [9.17, 15) is 8.42 Å². The molecule has 7 heteroatoms. The van der Waals surface area contributed by atoms with Crippen molar-refractivity contribution in [3.8, 4) is 5.75 Å². The van der Waals surface area contributed by atoms with E-state index in [1.807, 2.05) is 6.07 Å². The summed E-state index contributed by atoms with van der Waals surface area (Å²) in [6.45, 7) is 1.35. The van der Waals surface area contributed by atoms with Crippen LogP contribution in [0.25, 0.3) is 0 Å². The van der Waals surface area contributed by atoms with Gasteiger partial charge in [-0.15, -0.1) is 0 Å². The van der Waals surface area contributed by atoms with E-state index in [0.29, 0.717) is 36.9 Å². The molecule has 2 N–H and O–H groups in total. The number of hydrogen-bond acceptors (Lipinski definition) is 5. The fraction of sp³-hybridized carbons (Fsp3) is 0.333. The van der Waals surface area contributed by atoms with Crippen molar-refractivity contribution in [2.24, 2.45) is 0 Å². The molecule has 0 aliphatic carbocycles. The number of methoxy groups -OCH3 is 1. The van der Waals surface area contributed by atoms with Gasteiger partial charge in [-0.1, -0.05) is 6.07 Å². The van der Waals surface area contributed by atoms with Crippen molar-refractivity contribution in [1.29, 1.82) is 0 Å². The van der Waals surface area contributed by atoms with Crippen LogP contribution in [0.3, 0.4) is 0 Å². The van der Waals surface area contributed by atoms with E-state index in [1.165, 1.54) is 4.31 Å². The Morgan fingerprint density at radius 3 is 2.60 bits per heavy atom. The van der Waals surface area contributed by atoms with Gasteiger partial charge in [0.15, 0.2) is 0 Å². The minimum atomic E-state index is -3.64. The SMILES string of the molecule is COCCOc1ccc(S(=O)(=O)N2CCCc3c(N)cccc32)cc1. The maximum Gasteiger partial charge on any atom is 0.264 e. The van der Waals surface area contributed by atoms with Crippen molar-refractivity contribution in [3.05, 3.63) is 48.0 Å². The summed E-state index contributed by atoms with van der Waals surface area (Å²) in [5.41, 5.74) is 8.23. The predicted octanol–water partition coefficient (Wildman–Crippen LogP) is 2.44. The van der Waals surface area contributed by atoms with Gasteiger partial charge in [-0.3, -0.25) is 4.31 Å². The summed E-state index contributed by atoms with van der Waals surface area (Å²) in [6, 6.07) is 11.9. The van der Waals surface area contributed by atoms with E-state index in [1.54, 1.807) is 43.5 Å². The molecule has 134 valence electrons. The van der Waals surface area contributed by atoms with Crippen molar-refractivity contribution in [3.63, 3.8) is 0 Å². The number of nitrogens with zero attached hydrogens (tertiary/aromatic N) is 1. The lowest BCUT2D eigenvalue weighted by Crippen LogP contribution is -2.35. The van der Waals surface area contributed by atoms with Crippen LogP contribution in [0.5, 0.6) is 5.75 Å². The quantitative estimate of drug-likeness (QED) is 0.630. The van der Waals surface area contributed by atoms with Crippen LogP contribution in [0.15, 0.2) is 47.4 Å². The zero-order valence-corrected chi connectivity index (χ0v) is 15.0. The Morgan fingerprint density at radius 2 is 1.88 bits per heavy atom. The number of nitrogen functional groups attached to an aromatic ring is 1. The standard InChI is InChI=1S/C18H22N2O4S/c1-23-12-13-24-14-7-9-15(10-8-14)25(21,22)20-11-3-4-16-17(19)5-2-6-18(16)20/h2,5-10H,3-4,11-13,19H2,1H3. The van der Waals surface area contributed by atoms with Gasteiger partial charge in [0, 0.05) is 19.3 Å². The second-order valence-corrected chi connectivity index (χ2v) is 7.70. The maximum atomic E-state index is 13.1. The van der Waals surface area contributed by atoms with Crippen LogP contribution < -0.4 is 14.8 Å². The zero-order valence-electron chi connectivity index (χ0n) is 14.1. The average Bonchev–Trinajstić information content (AvgIpc) is 2.62. The summed E-state index contributed by atoms with van der Waals surface area (Å²) in [6.07, 6.45) is 1.54. The van der Waals surface area contributed by atoms with Crippen LogP contribution in [-0.4, -0.2) is 35.3 Å². The van der Waals surface area contributed by atoms with E-state index in [2.05, 4.69) is 0 Å². The fourth-order valence-electron chi connectivity index (χ4n) is 2.95. The van der Waals surface area contributed by atoms with Crippen molar-refractivity contribution in [1.82, 2.24) is 0 Å². The summed E-state index contributed by atoms with van der Waals surface area (Å²) in [5.74, 6) is 0.610. The molecule has 0 bridgehead atoms. The van der Waals surface area contributed by atoms with E-state index in [4.69, 9.17) is 15.2 Å². The van der Waals surface area contributed by atoms with Gasteiger partial charge < -0.3 is 15.2 Å². The van der Waals surface area contributed by atoms with Gasteiger partial charge in [0.1, 0.15) is 12.4 Å². The molecular weight excluding hydrogens is 340 g/mol. The Hall–Kier alpha value is -2.25. The summed E-state index contributed by atoms with van der Waals surface area (Å²) < 4.78 is 38.0. The van der Waals surface area contributed by atoms with E-state index >= 15 is 0 Å². The molecule has 1 aliphatic heterocycles. The molecule has 3 rings (SSSR count). The third-order valence-electron chi connectivity index (χ3n) is 4.21. The van der Waals surface area contributed by atoms with Gasteiger partial charge in [-0.05, 0) is 54.8 Å². The third kappa shape index (κ3) is 3.57. The first kappa shape index (κ1) is 17.6. The average molecular weight is 362 g/mol. The monoisotopic (exact) mass is 362 g/mol. The van der Waals surface area contributed by atoms with Gasteiger partial charge >= 0.3 is 0 Å². The molecule has 0 fully saturated rings. The smallest absolute Gasteiger partial charge is 0.264 e. The zero-order chi connectivity index (χ0) is 17.9. The highest BCUT2D eigenvalue weighted by Gasteiger charge is 2.29. The predicted molar refractivity (Wildman–Crippen MR) is 97.5 cm³/mol. The van der Waals surface area contributed by atoms with Crippen LogP contribution in [0.1, 0.15) is 12.0 Å². The van der Waals surface area contributed by atoms with Crippen molar-refractivity contribution in [2.75, 3.05) is 36.9 Å². The molecule has 0 amide bonds. The lowest BCUT2D eigenvalue weighted by Gasteiger charge is -2.31. The molecule has 0 radical (unpaired) electrons. The molecule has 0 spiro atoms. The summed E-state index contributed by atoms with van der Waals surface area (Å²) in [7, 11) is -2.04. The van der Waals surface area contributed by atoms with Crippen LogP contribution in [0.2, 0.25) is 0 Å². The van der Waals surface area contributed by atoms with Crippen molar-refractivity contribution < 1.29 is 17.9 Å². The highest BCUT2D eigenvalue weighted by molar-refractivity contribution is 7.92. The van der Waals surface area contributed by atoms with E-state index in [0.717, 1.165) is 18.4 Å². The van der Waals surface area contributed by atoms with Gasteiger partial charge in [0.2, 0.25) is 0 Å². The Bertz CT molecular complexity index is 835. The van der Waals surface area contributed by atoms with Crippen molar-refractivity contribution in [2.45, 2.75) is 17.7 Å². The molecule has 0 atom stereocenters. The number of anilines is 2. The molecule has 0 saturated carbocycles. The molecule has 2 aromatic rings. The van der Waals surface area contributed by atoms with Crippen molar-refractivity contribution >= 4 is 21.4 Å². The second kappa shape index (κ2) is 7.33. The molecule has 0 unspecified atom stereocenters. The molecule has 6 nitrogen and oxygen atoms in total. The Morgan fingerprint density at radius 1 is 1.12 bits per heavy atom. The minimum Gasteiger partial charge on any atom is -0.491 e. The summed E-state index contributed by atoms with van der Waals surface area (Å²) >= 11 is 0. The van der Waals surface area contributed by atoms with Crippen LogP contribution in [-0.2, 0) is 21.2 Å². The highest BCUT2D eigenvalue weighted by atomic mass is 32.2. The first-order valence-corrected chi connectivity index (χ1v) is 9.60. The number of ether oxygens (including phenoxy) is 2. The van der Waals surface area contributed by atoms with Crippen LogP contribution in [0, 0.1) is 0 Å². The first-order chi connectivity index (χ1) is 12.0. The fourth-order valence-corrected chi connectivity index (χ4v) is 4.48. The van der Waals surface area contributed by atoms with Gasteiger partial charge in [-0.2, -0.15) is 0 Å². The number of hydrogen-bond donors (Lipinski definition) is 1. The second-order valence-electron chi connectivity index (χ2n) is 5.84. The van der Waals surface area contributed by atoms with E-state index < -0.39 is 10.0 Å². The maximum absolute atomic E-state index is 13.1. The number of rotatable bonds is 6. The normalized spacial score (nSPS) is 14.2. The first-order valence-electron chi connectivity index (χ1n) is 8.16. The molecule has 0 saturated heterocycles. The van der Waals surface area contributed by atoms with Gasteiger partial charge in [-0.25, -0.2) is 8.42 Å². The highest BCUT2D eigenvalue weighted by Crippen LogP contribution is 2.35. The molecule has 25 heavy (non-hydrogen) atoms. The number of nitrogens with two attached hydrogens (primary N) is 1. The lowest BCUT2D eigenvalue weighted by molar-refractivity contribution is 0.146. The van der Waals surface area contributed by atoms with Gasteiger partial charge in [0.05, 0.1) is 17.2 Å².